The highest BCUT2D eigenvalue weighted by Gasteiger charge is 2.31. The van der Waals surface area contributed by atoms with Crippen LogP contribution in [0.2, 0.25) is 0 Å². The molecule has 0 unspecified atom stereocenters. The van der Waals surface area contributed by atoms with Gasteiger partial charge in [-0.3, -0.25) is 9.78 Å². The number of hydrogen-bond acceptors (Lipinski definition) is 7. The minimum Gasteiger partial charge on any atom is -0.594 e. The second-order valence-electron chi connectivity index (χ2n) is 6.13. The van der Waals surface area contributed by atoms with Gasteiger partial charge in [0.05, 0.1) is 24.7 Å². The van der Waals surface area contributed by atoms with E-state index in [2.05, 4.69) is 20.1 Å². The molecule has 2 heterocycles. The van der Waals surface area contributed by atoms with Gasteiger partial charge in [0.25, 0.3) is 5.91 Å². The number of aromatic nitrogens is 3. The van der Waals surface area contributed by atoms with Gasteiger partial charge in [-0.25, -0.2) is 4.39 Å². The van der Waals surface area contributed by atoms with Gasteiger partial charge < -0.3 is 24.7 Å². The van der Waals surface area contributed by atoms with Crippen LogP contribution < -0.4 is 24.4 Å². The van der Waals surface area contributed by atoms with Crippen LogP contribution in [0, 0.1) is 17.9 Å². The van der Waals surface area contributed by atoms with E-state index in [1.54, 1.807) is 0 Å². The van der Waals surface area contributed by atoms with Gasteiger partial charge in [0.1, 0.15) is 17.5 Å². The summed E-state index contributed by atoms with van der Waals surface area (Å²) < 4.78 is 66.4. The van der Waals surface area contributed by atoms with E-state index < -0.39 is 29.4 Å². The summed E-state index contributed by atoms with van der Waals surface area (Å²) in [6.45, 7) is 1.32. The maximum atomic E-state index is 14.8. The number of pyridine rings is 1. The zero-order chi connectivity index (χ0) is 23.5. The molecule has 32 heavy (non-hydrogen) atoms. The predicted octanol–water partition coefficient (Wildman–Crippen LogP) is 3.51. The van der Waals surface area contributed by atoms with Gasteiger partial charge in [-0.1, -0.05) is 4.85 Å². The van der Waals surface area contributed by atoms with Crippen molar-refractivity contribution < 1.29 is 41.4 Å². The van der Waals surface area contributed by atoms with Crippen molar-refractivity contribution in [3.63, 3.8) is 0 Å². The lowest BCUT2D eigenvalue weighted by molar-refractivity contribution is -0.669. The molecule has 168 valence electrons. The van der Waals surface area contributed by atoms with E-state index >= 15 is 0 Å². The molecule has 0 saturated heterocycles. The van der Waals surface area contributed by atoms with Crippen molar-refractivity contribution >= 4 is 11.6 Å². The highest BCUT2D eigenvalue weighted by atomic mass is 19.4. The van der Waals surface area contributed by atoms with Gasteiger partial charge in [0.15, 0.2) is 23.1 Å². The zero-order valence-electron chi connectivity index (χ0n) is 16.4. The van der Waals surface area contributed by atoms with Gasteiger partial charge in [-0.15, -0.1) is 13.2 Å². The lowest BCUT2D eigenvalue weighted by Crippen LogP contribution is -2.30. The Balaban J connectivity index is 1.94. The van der Waals surface area contributed by atoms with Gasteiger partial charge in [0.2, 0.25) is 6.20 Å². The Hall–Kier alpha value is -4.16. The molecule has 3 aromatic rings. The molecule has 1 N–H and O–H groups in total. The fraction of sp³-hybridized carbons (Fsp3) is 0.158. The quantitative estimate of drug-likeness (QED) is 0.345. The summed E-state index contributed by atoms with van der Waals surface area (Å²) in [5.41, 5.74) is -0.533. The second kappa shape index (κ2) is 8.91. The summed E-state index contributed by atoms with van der Waals surface area (Å²) in [5, 5.41) is 16.8. The topological polar surface area (TPSA) is 110 Å². The van der Waals surface area contributed by atoms with Crippen molar-refractivity contribution in [2.45, 2.75) is 13.3 Å². The fourth-order valence-electron chi connectivity index (χ4n) is 2.51. The Morgan fingerprint density at radius 1 is 1.16 bits per heavy atom. The molecule has 0 aliphatic heterocycles. The highest BCUT2D eigenvalue weighted by molar-refractivity contribution is 6.06. The van der Waals surface area contributed by atoms with Gasteiger partial charge in [0, 0.05) is 17.2 Å². The molecule has 0 bridgehead atoms. The first-order chi connectivity index (χ1) is 15.1. The van der Waals surface area contributed by atoms with Crippen molar-refractivity contribution in [2.24, 2.45) is 0 Å². The number of rotatable bonds is 6. The molecule has 13 heteroatoms. The average Bonchev–Trinajstić information content (AvgIpc) is 2.72. The van der Waals surface area contributed by atoms with E-state index in [1.165, 1.54) is 20.1 Å². The van der Waals surface area contributed by atoms with Crippen LogP contribution in [0.25, 0.3) is 0 Å². The monoisotopic (exact) mass is 454 g/mol. The summed E-state index contributed by atoms with van der Waals surface area (Å²) >= 11 is 0. The summed E-state index contributed by atoms with van der Waals surface area (Å²) in [6, 6.07) is 4.20. The number of halogens is 4. The van der Waals surface area contributed by atoms with E-state index in [1.807, 2.05) is 0 Å². The highest BCUT2D eigenvalue weighted by Crippen LogP contribution is 2.37. The van der Waals surface area contributed by atoms with Crippen LogP contribution in [-0.2, 0) is 0 Å². The third kappa shape index (κ3) is 5.30. The number of benzene rings is 1. The van der Waals surface area contributed by atoms with Crippen LogP contribution >= 0.6 is 0 Å². The van der Waals surface area contributed by atoms with E-state index in [-0.39, 0.29) is 33.5 Å². The summed E-state index contributed by atoms with van der Waals surface area (Å²) in [6.07, 6.45) is -1.77. The van der Waals surface area contributed by atoms with Gasteiger partial charge >= 0.3 is 6.36 Å². The Morgan fingerprint density at radius 3 is 2.53 bits per heavy atom. The molecule has 0 spiro atoms. The predicted molar refractivity (Wildman–Crippen MR) is 99.8 cm³/mol. The van der Waals surface area contributed by atoms with Crippen molar-refractivity contribution in [1.29, 1.82) is 0 Å². The maximum absolute atomic E-state index is 14.8. The van der Waals surface area contributed by atoms with E-state index in [0.717, 1.165) is 36.8 Å². The zero-order valence-corrected chi connectivity index (χ0v) is 16.4. The summed E-state index contributed by atoms with van der Waals surface area (Å²) in [5.74, 6) is -3.14. The van der Waals surface area contributed by atoms with Crippen LogP contribution in [0.15, 0.2) is 42.9 Å². The molecular formula is C19H14F4N4O5. The standard InChI is InChI=1S/C19H14F4N4O5/c1-10-17(20)16(18(28)26-11-5-6-27(29)25-8-11)15(9-24-10)31-13-4-3-12(7-14(13)30-2)32-19(21,22)23/h3-9H,1-2H3,(H,26,28). The number of hydrogen-bond donors (Lipinski definition) is 1. The SMILES string of the molecule is COc1cc(OC(F)(F)F)ccc1Oc1cnc(C)c(F)c1C(=O)Nc1cc[n+]([O-])nc1. The lowest BCUT2D eigenvalue weighted by atomic mass is 10.1. The van der Waals surface area contributed by atoms with Gasteiger partial charge in [-0.2, -0.15) is 0 Å². The van der Waals surface area contributed by atoms with E-state index in [4.69, 9.17) is 9.47 Å². The number of methoxy groups -OCH3 is 1. The van der Waals surface area contributed by atoms with Gasteiger partial charge in [-0.05, 0) is 19.1 Å². The van der Waals surface area contributed by atoms with Crippen molar-refractivity contribution in [3.05, 3.63) is 65.1 Å². The molecule has 9 nitrogen and oxygen atoms in total. The number of amides is 1. The van der Waals surface area contributed by atoms with Crippen LogP contribution in [0.1, 0.15) is 16.1 Å². The molecule has 1 amide bonds. The number of nitrogens with one attached hydrogen (secondary N) is 1. The Morgan fingerprint density at radius 2 is 1.91 bits per heavy atom. The third-order valence-corrected chi connectivity index (χ3v) is 3.92. The Bertz CT molecular complexity index is 1140. The molecule has 3 rings (SSSR count). The van der Waals surface area contributed by atoms with Crippen LogP contribution in [0.3, 0.4) is 0 Å². The third-order valence-electron chi connectivity index (χ3n) is 3.92. The minimum atomic E-state index is -4.92. The summed E-state index contributed by atoms with van der Waals surface area (Å²) in [7, 11) is 1.17. The van der Waals surface area contributed by atoms with E-state index in [0.29, 0.717) is 0 Å². The normalized spacial score (nSPS) is 11.1. The molecule has 0 saturated carbocycles. The average molecular weight is 454 g/mol. The molecule has 0 radical (unpaired) electrons. The Kier molecular flexibility index (Phi) is 6.27. The molecular weight excluding hydrogens is 440 g/mol. The van der Waals surface area contributed by atoms with Crippen LogP contribution in [-0.4, -0.2) is 29.5 Å². The fourth-order valence-corrected chi connectivity index (χ4v) is 2.51. The number of carbonyl (C=O) groups excluding carboxylic acids is 1. The number of aryl methyl sites for hydroxylation is 1. The van der Waals surface area contributed by atoms with Crippen molar-refractivity contribution in [3.8, 4) is 23.0 Å². The first kappa shape index (κ1) is 22.5. The molecule has 0 atom stereocenters. The largest absolute Gasteiger partial charge is 0.594 e. The molecule has 2 aromatic heterocycles. The second-order valence-corrected chi connectivity index (χ2v) is 6.13. The lowest BCUT2D eigenvalue weighted by Gasteiger charge is -2.16. The van der Waals surface area contributed by atoms with E-state index in [9.17, 15) is 27.6 Å². The minimum absolute atomic E-state index is 0.105. The molecule has 0 aliphatic carbocycles. The maximum Gasteiger partial charge on any atom is 0.573 e. The molecule has 0 fully saturated rings. The number of nitrogens with zero attached hydrogens (tertiary/aromatic N) is 3. The Labute approximate surface area is 177 Å². The molecule has 0 aliphatic rings. The number of carbonyl (C=O) groups is 1. The van der Waals surface area contributed by atoms with Crippen LogP contribution in [0.5, 0.6) is 23.0 Å². The number of anilines is 1. The summed E-state index contributed by atoms with van der Waals surface area (Å²) in [4.78, 5) is 16.8. The number of ether oxygens (including phenoxy) is 3. The molecule has 1 aromatic carbocycles. The van der Waals surface area contributed by atoms with Crippen LogP contribution in [0.4, 0.5) is 23.2 Å². The first-order valence-electron chi connectivity index (χ1n) is 8.71. The number of alkyl halides is 3. The smallest absolute Gasteiger partial charge is 0.573 e. The first-order valence-corrected chi connectivity index (χ1v) is 8.71. The van der Waals surface area contributed by atoms with Crippen molar-refractivity contribution in [1.82, 2.24) is 10.1 Å². The van der Waals surface area contributed by atoms with Crippen molar-refractivity contribution in [2.75, 3.05) is 12.4 Å².